The van der Waals surface area contributed by atoms with Gasteiger partial charge in [-0.25, -0.2) is 9.59 Å². The number of aliphatic carboxylic acids is 1. The number of benzene rings is 1. The molecule has 0 bridgehead atoms. The molecule has 0 radical (unpaired) electrons. The van der Waals surface area contributed by atoms with Crippen LogP contribution in [-0.2, 0) is 11.2 Å². The molecule has 1 aliphatic carbocycles. The second-order valence-electron chi connectivity index (χ2n) is 8.17. The summed E-state index contributed by atoms with van der Waals surface area (Å²) >= 11 is 0. The van der Waals surface area contributed by atoms with Crippen LogP contribution >= 0.6 is 0 Å². The predicted molar refractivity (Wildman–Crippen MR) is 108 cm³/mol. The van der Waals surface area contributed by atoms with Gasteiger partial charge in [0.05, 0.1) is 6.61 Å². The van der Waals surface area contributed by atoms with Gasteiger partial charge in [0, 0.05) is 6.54 Å². The summed E-state index contributed by atoms with van der Waals surface area (Å²) < 4.78 is 5.90. The van der Waals surface area contributed by atoms with E-state index in [1.54, 1.807) is 0 Å². The third-order valence-electron chi connectivity index (χ3n) is 5.38. The van der Waals surface area contributed by atoms with Crippen molar-refractivity contribution in [2.24, 2.45) is 11.8 Å². The largest absolute Gasteiger partial charge is 0.493 e. The van der Waals surface area contributed by atoms with Gasteiger partial charge in [0.25, 0.3) is 0 Å². The van der Waals surface area contributed by atoms with Crippen LogP contribution in [-0.4, -0.2) is 46.4 Å². The van der Waals surface area contributed by atoms with Gasteiger partial charge >= 0.3 is 12.1 Å². The fraction of sp³-hybridized carbons (Fsp3) is 0.636. The van der Waals surface area contributed by atoms with Crippen LogP contribution in [0.5, 0.6) is 5.75 Å². The van der Waals surface area contributed by atoms with Crippen molar-refractivity contribution < 1.29 is 24.5 Å². The average Bonchev–Trinajstić information content (AvgIpc) is 2.66. The van der Waals surface area contributed by atoms with Crippen LogP contribution in [0.3, 0.4) is 0 Å². The van der Waals surface area contributed by atoms with Crippen LogP contribution in [0, 0.1) is 11.8 Å². The van der Waals surface area contributed by atoms with Gasteiger partial charge in [0.1, 0.15) is 11.8 Å². The minimum absolute atomic E-state index is 0.101. The second kappa shape index (κ2) is 10.9. The smallest absolute Gasteiger partial charge is 0.408 e. The predicted octanol–water partition coefficient (Wildman–Crippen LogP) is 4.67. The van der Waals surface area contributed by atoms with E-state index in [0.717, 1.165) is 22.8 Å². The zero-order valence-corrected chi connectivity index (χ0v) is 17.0. The number of amides is 1. The summed E-state index contributed by atoms with van der Waals surface area (Å²) in [5.41, 5.74) is 0.963. The van der Waals surface area contributed by atoms with Crippen molar-refractivity contribution in [1.82, 2.24) is 4.90 Å². The highest BCUT2D eigenvalue weighted by Crippen LogP contribution is 2.25. The number of carboxylic acid groups (broad SMARTS) is 2. The number of ether oxygens (including phenoxy) is 1. The Kier molecular flexibility index (Phi) is 8.61. The summed E-state index contributed by atoms with van der Waals surface area (Å²) in [6.07, 6.45) is 5.97. The van der Waals surface area contributed by atoms with E-state index < -0.39 is 18.1 Å². The van der Waals surface area contributed by atoms with Crippen LogP contribution in [0.25, 0.3) is 0 Å². The molecule has 2 rings (SSSR count). The van der Waals surface area contributed by atoms with Crippen molar-refractivity contribution in [3.63, 3.8) is 0 Å². The molecule has 0 heterocycles. The summed E-state index contributed by atoms with van der Waals surface area (Å²) in [5.74, 6) is 0.477. The molecule has 28 heavy (non-hydrogen) atoms. The molecule has 0 aliphatic heterocycles. The minimum Gasteiger partial charge on any atom is -0.493 e. The first-order valence-corrected chi connectivity index (χ1v) is 10.3. The maximum Gasteiger partial charge on any atom is 0.408 e. The van der Waals surface area contributed by atoms with Crippen LogP contribution < -0.4 is 4.74 Å². The molecule has 156 valence electrons. The van der Waals surface area contributed by atoms with Gasteiger partial charge in [-0.2, -0.15) is 0 Å². The molecule has 1 atom stereocenters. The Morgan fingerprint density at radius 2 is 1.75 bits per heavy atom. The monoisotopic (exact) mass is 391 g/mol. The molecule has 1 fully saturated rings. The van der Waals surface area contributed by atoms with E-state index >= 15 is 0 Å². The van der Waals surface area contributed by atoms with E-state index in [1.807, 2.05) is 38.1 Å². The van der Waals surface area contributed by atoms with E-state index in [-0.39, 0.29) is 12.5 Å². The summed E-state index contributed by atoms with van der Waals surface area (Å²) in [5, 5.41) is 18.9. The molecule has 1 aromatic rings. The Morgan fingerprint density at radius 1 is 1.11 bits per heavy atom. The van der Waals surface area contributed by atoms with E-state index in [1.165, 1.54) is 32.1 Å². The SMILES string of the molecule is CC(C)C[C@@H](C(=O)O)N(CCc1ccc(OCC2CCCCC2)cc1)C(=O)O. The first-order chi connectivity index (χ1) is 13.4. The van der Waals surface area contributed by atoms with Crippen LogP contribution in [0.4, 0.5) is 4.79 Å². The molecular formula is C22H33NO5. The normalized spacial score (nSPS) is 16.0. The number of rotatable bonds is 10. The molecule has 0 spiro atoms. The quantitative estimate of drug-likeness (QED) is 0.605. The highest BCUT2D eigenvalue weighted by Gasteiger charge is 2.29. The number of hydrogen-bond acceptors (Lipinski definition) is 3. The Labute approximate surface area is 167 Å². The molecule has 0 saturated heterocycles. The van der Waals surface area contributed by atoms with Crippen molar-refractivity contribution in [2.75, 3.05) is 13.2 Å². The summed E-state index contributed by atoms with van der Waals surface area (Å²) in [7, 11) is 0. The van der Waals surface area contributed by atoms with E-state index in [2.05, 4.69) is 0 Å². The highest BCUT2D eigenvalue weighted by atomic mass is 16.5. The third-order valence-corrected chi connectivity index (χ3v) is 5.38. The van der Waals surface area contributed by atoms with Gasteiger partial charge in [-0.05, 0) is 55.2 Å². The molecule has 0 aromatic heterocycles. The Balaban J connectivity index is 1.88. The molecule has 6 heteroatoms. The van der Waals surface area contributed by atoms with E-state index in [4.69, 9.17) is 4.74 Å². The van der Waals surface area contributed by atoms with E-state index in [9.17, 15) is 19.8 Å². The third kappa shape index (κ3) is 7.06. The van der Waals surface area contributed by atoms with Gasteiger partial charge in [-0.3, -0.25) is 4.90 Å². The van der Waals surface area contributed by atoms with Crippen molar-refractivity contribution in [3.05, 3.63) is 29.8 Å². The topological polar surface area (TPSA) is 87.1 Å². The number of nitrogens with zero attached hydrogens (tertiary/aromatic N) is 1. The molecule has 1 saturated carbocycles. The van der Waals surface area contributed by atoms with Gasteiger partial charge in [0.15, 0.2) is 0 Å². The fourth-order valence-corrected chi connectivity index (χ4v) is 3.76. The van der Waals surface area contributed by atoms with E-state index in [0.29, 0.717) is 18.8 Å². The zero-order chi connectivity index (χ0) is 20.5. The Bertz CT molecular complexity index is 622. The molecule has 6 nitrogen and oxygen atoms in total. The van der Waals surface area contributed by atoms with Crippen molar-refractivity contribution >= 4 is 12.1 Å². The standard InChI is InChI=1S/C22H33NO5/c1-16(2)14-20(21(24)25)23(22(26)27)13-12-17-8-10-19(11-9-17)28-15-18-6-4-3-5-7-18/h8-11,16,18,20H,3-7,12-15H2,1-2H3,(H,24,25)(H,26,27)/t20-/m0/s1. The molecule has 1 amide bonds. The van der Waals surface area contributed by atoms with Crippen LogP contribution in [0.1, 0.15) is 57.9 Å². The van der Waals surface area contributed by atoms with Crippen LogP contribution in [0.2, 0.25) is 0 Å². The lowest BCUT2D eigenvalue weighted by molar-refractivity contribution is -0.143. The van der Waals surface area contributed by atoms with Crippen molar-refractivity contribution in [2.45, 2.75) is 64.8 Å². The maximum absolute atomic E-state index is 11.6. The fourth-order valence-electron chi connectivity index (χ4n) is 3.76. The van der Waals surface area contributed by atoms with Crippen LogP contribution in [0.15, 0.2) is 24.3 Å². The zero-order valence-electron chi connectivity index (χ0n) is 17.0. The number of carbonyl (C=O) groups is 2. The molecule has 1 aliphatic rings. The molecular weight excluding hydrogens is 358 g/mol. The first-order valence-electron chi connectivity index (χ1n) is 10.3. The maximum atomic E-state index is 11.6. The van der Waals surface area contributed by atoms with Crippen molar-refractivity contribution in [1.29, 1.82) is 0 Å². The lowest BCUT2D eigenvalue weighted by atomic mass is 9.90. The van der Waals surface area contributed by atoms with Crippen molar-refractivity contribution in [3.8, 4) is 5.75 Å². The average molecular weight is 392 g/mol. The highest BCUT2D eigenvalue weighted by molar-refractivity contribution is 5.79. The molecule has 1 aromatic carbocycles. The number of carboxylic acids is 1. The first kappa shape index (κ1) is 22.1. The molecule has 0 unspecified atom stereocenters. The summed E-state index contributed by atoms with van der Waals surface area (Å²) in [6.45, 7) is 4.69. The summed E-state index contributed by atoms with van der Waals surface area (Å²) in [6, 6.07) is 6.65. The summed E-state index contributed by atoms with van der Waals surface area (Å²) in [4.78, 5) is 24.1. The lowest BCUT2D eigenvalue weighted by Gasteiger charge is -2.27. The van der Waals surface area contributed by atoms with Gasteiger partial charge < -0.3 is 14.9 Å². The lowest BCUT2D eigenvalue weighted by Crippen LogP contribution is -2.46. The Morgan fingerprint density at radius 3 is 2.29 bits per heavy atom. The van der Waals surface area contributed by atoms with Gasteiger partial charge in [-0.1, -0.05) is 45.2 Å². The number of hydrogen-bond donors (Lipinski definition) is 2. The minimum atomic E-state index is -1.19. The van der Waals surface area contributed by atoms with Gasteiger partial charge in [0.2, 0.25) is 0 Å². The Hall–Kier alpha value is -2.24. The molecule has 2 N–H and O–H groups in total. The second-order valence-corrected chi connectivity index (χ2v) is 8.17. The van der Waals surface area contributed by atoms with Gasteiger partial charge in [-0.15, -0.1) is 0 Å².